The molecule has 3 atom stereocenters. The van der Waals surface area contributed by atoms with Crippen molar-refractivity contribution in [2.24, 2.45) is 11.8 Å². The van der Waals surface area contributed by atoms with Crippen molar-refractivity contribution in [3.63, 3.8) is 0 Å². The smallest absolute Gasteiger partial charge is 0.150 e. The number of fused-ring (bicyclic) bond motifs is 1. The van der Waals surface area contributed by atoms with Crippen molar-refractivity contribution in [2.75, 3.05) is 26.3 Å². The maximum absolute atomic E-state index is 11.9. The van der Waals surface area contributed by atoms with Crippen molar-refractivity contribution >= 4 is 5.78 Å². The van der Waals surface area contributed by atoms with Gasteiger partial charge in [0.05, 0.1) is 12.6 Å². The fraction of sp³-hybridized carbons (Fsp3) is 0.917. The summed E-state index contributed by atoms with van der Waals surface area (Å²) in [5.41, 5.74) is 0. The summed E-state index contributed by atoms with van der Waals surface area (Å²) in [5.74, 6) is 1.56. The van der Waals surface area contributed by atoms with Gasteiger partial charge in [-0.05, 0) is 18.9 Å². The second-order valence-corrected chi connectivity index (χ2v) is 4.64. The lowest BCUT2D eigenvalue weighted by Gasteiger charge is -2.29. The molecule has 2 fully saturated rings. The van der Waals surface area contributed by atoms with E-state index in [9.17, 15) is 4.79 Å². The standard InChI is InChI=1S/C12H21NO2/c1-3-11(14)12-10-8-15-6-5-9(10)7-13(12)4-2/h9-10,12H,3-8H2,1-2H3. The lowest BCUT2D eigenvalue weighted by Crippen LogP contribution is -2.41. The first-order chi connectivity index (χ1) is 7.27. The second-order valence-electron chi connectivity index (χ2n) is 4.64. The van der Waals surface area contributed by atoms with E-state index in [1.807, 2.05) is 6.92 Å². The Kier molecular flexibility index (Phi) is 3.42. The van der Waals surface area contributed by atoms with Gasteiger partial charge in [0.2, 0.25) is 0 Å². The fourth-order valence-corrected chi connectivity index (χ4v) is 3.04. The van der Waals surface area contributed by atoms with Crippen molar-refractivity contribution < 1.29 is 9.53 Å². The minimum Gasteiger partial charge on any atom is -0.381 e. The van der Waals surface area contributed by atoms with Crippen LogP contribution in [0.25, 0.3) is 0 Å². The summed E-state index contributed by atoms with van der Waals surface area (Å²) in [6, 6.07) is 0.144. The molecule has 0 aromatic heterocycles. The molecule has 0 bridgehead atoms. The van der Waals surface area contributed by atoms with E-state index in [1.54, 1.807) is 0 Å². The number of carbonyl (C=O) groups excluding carboxylic acids is 1. The third kappa shape index (κ3) is 1.95. The zero-order valence-corrected chi connectivity index (χ0v) is 9.74. The van der Waals surface area contributed by atoms with E-state index in [-0.39, 0.29) is 6.04 Å². The monoisotopic (exact) mass is 211 g/mol. The minimum absolute atomic E-state index is 0.144. The first-order valence-electron chi connectivity index (χ1n) is 6.12. The Hall–Kier alpha value is -0.410. The molecule has 2 aliphatic heterocycles. The molecule has 0 amide bonds. The molecule has 0 spiro atoms. The molecule has 2 rings (SSSR count). The van der Waals surface area contributed by atoms with Gasteiger partial charge in [-0.15, -0.1) is 0 Å². The second kappa shape index (κ2) is 4.62. The summed E-state index contributed by atoms with van der Waals surface area (Å²) in [4.78, 5) is 14.3. The lowest BCUT2D eigenvalue weighted by atomic mass is 9.85. The van der Waals surface area contributed by atoms with E-state index >= 15 is 0 Å². The molecular weight excluding hydrogens is 190 g/mol. The van der Waals surface area contributed by atoms with E-state index in [2.05, 4.69) is 11.8 Å². The number of ketones is 1. The molecule has 0 aromatic carbocycles. The Balaban J connectivity index is 2.13. The number of likely N-dealkylation sites (N-methyl/N-ethyl adjacent to an activating group) is 1. The normalized spacial score (nSPS) is 36.5. The number of ether oxygens (including phenoxy) is 1. The average molecular weight is 211 g/mol. The zero-order valence-electron chi connectivity index (χ0n) is 9.74. The van der Waals surface area contributed by atoms with E-state index in [4.69, 9.17) is 4.74 Å². The van der Waals surface area contributed by atoms with Gasteiger partial charge >= 0.3 is 0 Å². The van der Waals surface area contributed by atoms with Crippen molar-refractivity contribution in [3.05, 3.63) is 0 Å². The van der Waals surface area contributed by atoms with Gasteiger partial charge in [-0.3, -0.25) is 9.69 Å². The van der Waals surface area contributed by atoms with Crippen molar-refractivity contribution in [1.29, 1.82) is 0 Å². The first kappa shape index (κ1) is 11.1. The van der Waals surface area contributed by atoms with Crippen LogP contribution in [0.3, 0.4) is 0 Å². The van der Waals surface area contributed by atoms with Crippen LogP contribution in [0, 0.1) is 11.8 Å². The third-order valence-corrected chi connectivity index (χ3v) is 3.90. The van der Waals surface area contributed by atoms with Gasteiger partial charge in [-0.2, -0.15) is 0 Å². The zero-order chi connectivity index (χ0) is 10.8. The number of hydrogen-bond donors (Lipinski definition) is 0. The minimum atomic E-state index is 0.144. The van der Waals surface area contributed by atoms with Crippen LogP contribution in [-0.4, -0.2) is 43.0 Å². The largest absolute Gasteiger partial charge is 0.381 e. The number of rotatable bonds is 3. The predicted octanol–water partition coefficient (Wildman–Crippen LogP) is 1.32. The van der Waals surface area contributed by atoms with Gasteiger partial charge in [0.1, 0.15) is 5.78 Å². The van der Waals surface area contributed by atoms with Crippen LogP contribution in [-0.2, 0) is 9.53 Å². The van der Waals surface area contributed by atoms with Crippen LogP contribution in [0.15, 0.2) is 0 Å². The van der Waals surface area contributed by atoms with E-state index in [0.717, 1.165) is 32.7 Å². The highest BCUT2D eigenvalue weighted by atomic mass is 16.5. The van der Waals surface area contributed by atoms with E-state index in [0.29, 0.717) is 24.0 Å². The van der Waals surface area contributed by atoms with Gasteiger partial charge in [0.15, 0.2) is 0 Å². The molecule has 2 saturated heterocycles. The van der Waals surface area contributed by atoms with Crippen LogP contribution >= 0.6 is 0 Å². The van der Waals surface area contributed by atoms with Crippen molar-refractivity contribution in [1.82, 2.24) is 4.90 Å². The summed E-state index contributed by atoms with van der Waals surface area (Å²) >= 11 is 0. The van der Waals surface area contributed by atoms with Crippen LogP contribution in [0.1, 0.15) is 26.7 Å². The molecular formula is C12H21NO2. The summed E-state index contributed by atoms with van der Waals surface area (Å²) in [6.45, 7) is 7.87. The molecule has 2 aliphatic rings. The number of likely N-dealkylation sites (tertiary alicyclic amines) is 1. The van der Waals surface area contributed by atoms with Gasteiger partial charge in [-0.25, -0.2) is 0 Å². The Bertz CT molecular complexity index is 242. The highest BCUT2D eigenvalue weighted by molar-refractivity contribution is 5.84. The number of Topliss-reactive ketones (excluding diaryl/α,β-unsaturated/α-hetero) is 1. The number of hydrogen-bond acceptors (Lipinski definition) is 3. The number of nitrogens with zero attached hydrogens (tertiary/aromatic N) is 1. The summed E-state index contributed by atoms with van der Waals surface area (Å²) in [5, 5.41) is 0. The molecule has 15 heavy (non-hydrogen) atoms. The fourth-order valence-electron chi connectivity index (χ4n) is 3.04. The Labute approximate surface area is 91.8 Å². The summed E-state index contributed by atoms with van der Waals surface area (Å²) < 4.78 is 5.52. The molecule has 0 aliphatic carbocycles. The molecule has 3 unspecified atom stereocenters. The average Bonchev–Trinajstić information content (AvgIpc) is 2.66. The van der Waals surface area contributed by atoms with Crippen LogP contribution < -0.4 is 0 Å². The third-order valence-electron chi connectivity index (χ3n) is 3.90. The topological polar surface area (TPSA) is 29.5 Å². The van der Waals surface area contributed by atoms with Gasteiger partial charge in [0, 0.05) is 25.5 Å². The molecule has 0 radical (unpaired) electrons. The first-order valence-corrected chi connectivity index (χ1v) is 6.12. The Morgan fingerprint density at radius 1 is 1.47 bits per heavy atom. The molecule has 0 N–H and O–H groups in total. The molecule has 0 aromatic rings. The quantitative estimate of drug-likeness (QED) is 0.705. The van der Waals surface area contributed by atoms with Crippen molar-refractivity contribution in [2.45, 2.75) is 32.7 Å². The molecule has 0 saturated carbocycles. The number of carbonyl (C=O) groups is 1. The highest BCUT2D eigenvalue weighted by Gasteiger charge is 2.45. The Morgan fingerprint density at radius 2 is 2.27 bits per heavy atom. The summed E-state index contributed by atoms with van der Waals surface area (Å²) in [6.07, 6.45) is 1.79. The molecule has 86 valence electrons. The van der Waals surface area contributed by atoms with E-state index < -0.39 is 0 Å². The van der Waals surface area contributed by atoms with Gasteiger partial charge in [0.25, 0.3) is 0 Å². The van der Waals surface area contributed by atoms with Crippen molar-refractivity contribution in [3.8, 4) is 0 Å². The molecule has 3 nitrogen and oxygen atoms in total. The summed E-state index contributed by atoms with van der Waals surface area (Å²) in [7, 11) is 0. The predicted molar refractivity (Wildman–Crippen MR) is 58.7 cm³/mol. The molecule has 2 heterocycles. The van der Waals surface area contributed by atoms with Gasteiger partial charge < -0.3 is 4.74 Å². The lowest BCUT2D eigenvalue weighted by molar-refractivity contribution is -0.125. The maximum Gasteiger partial charge on any atom is 0.150 e. The van der Waals surface area contributed by atoms with Crippen LogP contribution in [0.5, 0.6) is 0 Å². The SMILES string of the molecule is CCC(=O)C1C2COCCC2CN1CC. The van der Waals surface area contributed by atoms with Crippen LogP contribution in [0.2, 0.25) is 0 Å². The Morgan fingerprint density at radius 3 is 2.93 bits per heavy atom. The van der Waals surface area contributed by atoms with Crippen LogP contribution in [0.4, 0.5) is 0 Å². The highest BCUT2D eigenvalue weighted by Crippen LogP contribution is 2.35. The maximum atomic E-state index is 11.9. The van der Waals surface area contributed by atoms with E-state index in [1.165, 1.54) is 0 Å². The molecule has 3 heteroatoms. The van der Waals surface area contributed by atoms with Gasteiger partial charge in [-0.1, -0.05) is 13.8 Å².